The number of ether oxygens (including phenoxy) is 4. The van der Waals surface area contributed by atoms with Crippen LogP contribution < -0.4 is 0 Å². The molecule has 5 atom stereocenters. The summed E-state index contributed by atoms with van der Waals surface area (Å²) in [5, 5.41) is 10.7. The van der Waals surface area contributed by atoms with Gasteiger partial charge in [0.25, 0.3) is 0 Å². The minimum atomic E-state index is -4.96. The highest BCUT2D eigenvalue weighted by Crippen LogP contribution is 2.45. The maximum atomic E-state index is 13.1. The molecule has 19 heteroatoms. The normalized spacial score (nSPS) is 13.8. The van der Waals surface area contributed by atoms with Gasteiger partial charge in [-0.05, 0) is 25.7 Å². The van der Waals surface area contributed by atoms with Crippen molar-refractivity contribution in [2.75, 3.05) is 39.6 Å². The number of rotatable bonds is 83. The predicted molar refractivity (Wildman–Crippen MR) is 414 cm³/mol. The van der Waals surface area contributed by atoms with Crippen molar-refractivity contribution in [2.45, 2.75) is 463 Å². The molecule has 0 aliphatic carbocycles. The number of unbranched alkanes of at least 4 members (excludes halogenated alkanes) is 57. The van der Waals surface area contributed by atoms with Crippen molar-refractivity contribution in [3.05, 3.63) is 0 Å². The summed E-state index contributed by atoms with van der Waals surface area (Å²) < 4.78 is 68.8. The first kappa shape index (κ1) is 99.1. The summed E-state index contributed by atoms with van der Waals surface area (Å²) in [5.41, 5.74) is 0. The zero-order valence-electron chi connectivity index (χ0n) is 65.9. The first-order valence-electron chi connectivity index (χ1n) is 42.8. The van der Waals surface area contributed by atoms with E-state index in [4.69, 9.17) is 37.0 Å². The Kier molecular flexibility index (Phi) is 74.8. The van der Waals surface area contributed by atoms with E-state index >= 15 is 0 Å². The number of hydrogen-bond donors (Lipinski definition) is 3. The Hall–Kier alpha value is -1.94. The number of aliphatic hydroxyl groups is 1. The highest BCUT2D eigenvalue weighted by molar-refractivity contribution is 7.47. The summed E-state index contributed by atoms with van der Waals surface area (Å²) in [7, 11) is -9.92. The molecule has 0 aromatic carbocycles. The molecule has 0 saturated heterocycles. The second-order valence-electron chi connectivity index (χ2n) is 29.5. The number of phosphoric ester groups is 2. The SMILES string of the molecule is CCCCCCCCCCCCCCCCCCCCCCC(=O)O[C@H](COC(=O)CCCCCCCCCCCCCCCCC)COP(=O)(O)OC[C@@H](O)COP(=O)(O)OC[C@@H](COC(=O)CCCCCCCCCCCCC)OC(=O)CCCCCCCCCCCCCCCCC. The second-order valence-corrected chi connectivity index (χ2v) is 32.4. The number of hydrogen-bond acceptors (Lipinski definition) is 15. The van der Waals surface area contributed by atoms with Gasteiger partial charge in [0.05, 0.1) is 26.4 Å². The lowest BCUT2D eigenvalue weighted by Gasteiger charge is -2.21. The smallest absolute Gasteiger partial charge is 0.462 e. The van der Waals surface area contributed by atoms with Gasteiger partial charge >= 0.3 is 39.5 Å². The van der Waals surface area contributed by atoms with Crippen LogP contribution in [0.15, 0.2) is 0 Å². The lowest BCUT2D eigenvalue weighted by Crippen LogP contribution is -2.30. The summed E-state index contributed by atoms with van der Waals surface area (Å²) >= 11 is 0. The molecule has 600 valence electrons. The van der Waals surface area contributed by atoms with Crippen molar-refractivity contribution >= 4 is 39.5 Å². The zero-order valence-corrected chi connectivity index (χ0v) is 67.7. The molecule has 0 aliphatic rings. The van der Waals surface area contributed by atoms with E-state index in [2.05, 4.69) is 27.7 Å². The monoisotopic (exact) mass is 1480 g/mol. The Morgan fingerprint density at radius 1 is 0.238 bits per heavy atom. The quantitative estimate of drug-likeness (QED) is 0.0222. The standard InChI is InChI=1S/C82H160O17P2/c1-5-9-13-17-21-25-29-32-35-36-37-38-39-42-45-49-53-57-61-65-69-82(87)99-78(73-93-80(85)67-63-59-55-51-47-43-40-33-30-26-22-18-14-10-6-2)75-97-101(90,91)95-71-76(83)70-94-100(88,89)96-74-77(72-92-79(84)66-62-58-54-50-46-28-24-20-16-12-8-4)98-81(86)68-64-60-56-52-48-44-41-34-31-27-23-19-15-11-7-3/h76-78,83H,5-75H2,1-4H3,(H,88,89)(H,90,91)/t76-,77+,78+/m0/s1. The van der Waals surface area contributed by atoms with Gasteiger partial charge in [-0.1, -0.05) is 394 Å². The average molecular weight is 1480 g/mol. The van der Waals surface area contributed by atoms with Crippen LogP contribution in [0.25, 0.3) is 0 Å². The summed E-state index contributed by atoms with van der Waals surface area (Å²) in [6, 6.07) is 0. The molecule has 17 nitrogen and oxygen atoms in total. The van der Waals surface area contributed by atoms with E-state index in [-0.39, 0.29) is 25.7 Å². The number of carbonyl (C=O) groups is 4. The summed E-state index contributed by atoms with van der Waals surface area (Å²) in [6.45, 7) is 5.04. The van der Waals surface area contributed by atoms with Crippen LogP contribution in [-0.4, -0.2) is 96.7 Å². The Morgan fingerprint density at radius 2 is 0.396 bits per heavy atom. The van der Waals surface area contributed by atoms with E-state index in [0.29, 0.717) is 25.7 Å². The third-order valence-corrected chi connectivity index (χ3v) is 21.3. The van der Waals surface area contributed by atoms with Crippen LogP contribution in [0.5, 0.6) is 0 Å². The molecule has 0 saturated carbocycles. The Morgan fingerprint density at radius 3 is 0.584 bits per heavy atom. The van der Waals surface area contributed by atoms with Crippen molar-refractivity contribution < 1.29 is 80.2 Å². The van der Waals surface area contributed by atoms with Crippen molar-refractivity contribution in [3.63, 3.8) is 0 Å². The number of carbonyl (C=O) groups excluding carboxylic acids is 4. The molecule has 0 bridgehead atoms. The van der Waals surface area contributed by atoms with Crippen LogP contribution in [0.2, 0.25) is 0 Å². The lowest BCUT2D eigenvalue weighted by atomic mass is 10.0. The number of aliphatic hydroxyl groups excluding tert-OH is 1. The number of phosphoric acid groups is 2. The van der Waals surface area contributed by atoms with Crippen molar-refractivity contribution in [3.8, 4) is 0 Å². The number of esters is 4. The Bertz CT molecular complexity index is 1910. The Balaban J connectivity index is 5.23. The molecule has 0 fully saturated rings. The first-order valence-corrected chi connectivity index (χ1v) is 45.8. The molecule has 2 unspecified atom stereocenters. The van der Waals surface area contributed by atoms with Gasteiger partial charge in [-0.25, -0.2) is 9.13 Å². The molecule has 0 aromatic rings. The molecule has 101 heavy (non-hydrogen) atoms. The van der Waals surface area contributed by atoms with Crippen molar-refractivity contribution in [1.29, 1.82) is 0 Å². The summed E-state index contributed by atoms with van der Waals surface area (Å²) in [5.74, 6) is -2.10. The molecule has 0 heterocycles. The van der Waals surface area contributed by atoms with Crippen LogP contribution in [0.1, 0.15) is 445 Å². The van der Waals surface area contributed by atoms with Gasteiger partial charge < -0.3 is 33.8 Å². The van der Waals surface area contributed by atoms with E-state index in [1.165, 1.54) is 276 Å². The second kappa shape index (κ2) is 76.3. The van der Waals surface area contributed by atoms with Crippen LogP contribution in [0.3, 0.4) is 0 Å². The zero-order chi connectivity index (χ0) is 73.9. The maximum absolute atomic E-state index is 13.1. The third-order valence-electron chi connectivity index (χ3n) is 19.4. The van der Waals surface area contributed by atoms with Crippen LogP contribution >= 0.6 is 15.6 Å². The van der Waals surface area contributed by atoms with Crippen LogP contribution in [0, 0.1) is 0 Å². The molecule has 0 rings (SSSR count). The molecular formula is C82H160O17P2. The van der Waals surface area contributed by atoms with Crippen LogP contribution in [-0.2, 0) is 65.4 Å². The molecule has 0 amide bonds. The molecule has 0 radical (unpaired) electrons. The van der Waals surface area contributed by atoms with E-state index in [1.54, 1.807) is 0 Å². The maximum Gasteiger partial charge on any atom is 0.472 e. The van der Waals surface area contributed by atoms with Gasteiger partial charge in [-0.3, -0.25) is 37.3 Å². The van der Waals surface area contributed by atoms with Gasteiger partial charge in [-0.15, -0.1) is 0 Å². The first-order chi connectivity index (χ1) is 49.2. The minimum absolute atomic E-state index is 0.109. The van der Waals surface area contributed by atoms with E-state index in [1.807, 2.05) is 0 Å². The van der Waals surface area contributed by atoms with Gasteiger partial charge in [0, 0.05) is 25.7 Å². The van der Waals surface area contributed by atoms with E-state index in [0.717, 1.165) is 89.9 Å². The molecule has 3 N–H and O–H groups in total. The van der Waals surface area contributed by atoms with E-state index in [9.17, 15) is 43.2 Å². The van der Waals surface area contributed by atoms with E-state index < -0.39 is 97.5 Å². The fourth-order valence-electron chi connectivity index (χ4n) is 12.8. The largest absolute Gasteiger partial charge is 0.472 e. The highest BCUT2D eigenvalue weighted by atomic mass is 31.2. The van der Waals surface area contributed by atoms with Gasteiger partial charge in [0.1, 0.15) is 19.3 Å². The molecule has 0 spiro atoms. The topological polar surface area (TPSA) is 237 Å². The fourth-order valence-corrected chi connectivity index (χ4v) is 14.4. The van der Waals surface area contributed by atoms with Gasteiger partial charge in [0.15, 0.2) is 12.2 Å². The third kappa shape index (κ3) is 76.1. The fraction of sp³-hybridized carbons (Fsp3) is 0.951. The summed E-state index contributed by atoms with van der Waals surface area (Å²) in [6.07, 6.45) is 69.3. The molecule has 0 aliphatic heterocycles. The minimum Gasteiger partial charge on any atom is -0.462 e. The van der Waals surface area contributed by atoms with Gasteiger partial charge in [0.2, 0.25) is 0 Å². The highest BCUT2D eigenvalue weighted by Gasteiger charge is 2.30. The lowest BCUT2D eigenvalue weighted by molar-refractivity contribution is -0.161. The summed E-state index contributed by atoms with van der Waals surface area (Å²) in [4.78, 5) is 73.1. The predicted octanol–water partition coefficient (Wildman–Crippen LogP) is 25.0. The van der Waals surface area contributed by atoms with Crippen molar-refractivity contribution in [1.82, 2.24) is 0 Å². The average Bonchev–Trinajstić information content (AvgIpc) is 1.04. The van der Waals surface area contributed by atoms with Gasteiger partial charge in [-0.2, -0.15) is 0 Å². The molecule has 0 aromatic heterocycles. The Labute approximate surface area is 619 Å². The molecular weight excluding hydrogens is 1320 g/mol. The van der Waals surface area contributed by atoms with Crippen LogP contribution in [0.4, 0.5) is 0 Å². The van der Waals surface area contributed by atoms with Crippen molar-refractivity contribution in [2.24, 2.45) is 0 Å².